The van der Waals surface area contributed by atoms with E-state index in [1.165, 1.54) is 0 Å². The fourth-order valence-electron chi connectivity index (χ4n) is 3.96. The van der Waals surface area contributed by atoms with E-state index in [9.17, 15) is 14.7 Å². The summed E-state index contributed by atoms with van der Waals surface area (Å²) < 4.78 is 6.73. The lowest BCUT2D eigenvalue weighted by molar-refractivity contribution is -0.0311. The molecule has 0 aliphatic carbocycles. The van der Waals surface area contributed by atoms with Crippen molar-refractivity contribution >= 4 is 16.8 Å². The largest absolute Gasteiger partial charge is 0.388 e. The maximum Gasteiger partial charge on any atom is 0.292 e. The van der Waals surface area contributed by atoms with E-state index in [4.69, 9.17) is 4.52 Å². The number of benzene rings is 1. The third kappa shape index (κ3) is 3.75. The SMILES string of the molecule is CCc1cc(C(=O)N2CCC(O)(Cn3c(CC)nc4ccccc4c3=O)CC2)on1. The number of piperidine rings is 1. The van der Waals surface area contributed by atoms with Crippen molar-refractivity contribution in [3.05, 3.63) is 58.0 Å². The number of carbonyl (C=O) groups excluding carboxylic acids is 1. The number of para-hydroxylation sites is 1. The van der Waals surface area contributed by atoms with Gasteiger partial charge in [-0.2, -0.15) is 0 Å². The second-order valence-electron chi connectivity index (χ2n) is 7.84. The van der Waals surface area contributed by atoms with E-state index in [0.717, 1.165) is 5.69 Å². The molecule has 1 aliphatic heterocycles. The van der Waals surface area contributed by atoms with Crippen LogP contribution < -0.4 is 5.56 Å². The molecule has 0 spiro atoms. The number of aryl methyl sites for hydroxylation is 2. The molecule has 0 bridgehead atoms. The molecular formula is C22H26N4O4. The van der Waals surface area contributed by atoms with Crippen molar-refractivity contribution in [2.24, 2.45) is 0 Å². The van der Waals surface area contributed by atoms with Crippen molar-refractivity contribution in [2.45, 2.75) is 51.7 Å². The van der Waals surface area contributed by atoms with E-state index in [0.29, 0.717) is 55.5 Å². The van der Waals surface area contributed by atoms with E-state index < -0.39 is 5.60 Å². The number of hydrogen-bond acceptors (Lipinski definition) is 6. The maximum atomic E-state index is 13.0. The number of rotatable bonds is 5. The van der Waals surface area contributed by atoms with Gasteiger partial charge in [-0.05, 0) is 31.4 Å². The molecule has 8 heteroatoms. The number of aromatic nitrogens is 3. The average molecular weight is 410 g/mol. The van der Waals surface area contributed by atoms with Gasteiger partial charge < -0.3 is 14.5 Å². The first-order chi connectivity index (χ1) is 14.4. The number of aliphatic hydroxyl groups is 1. The normalized spacial score (nSPS) is 16.2. The molecule has 3 heterocycles. The minimum absolute atomic E-state index is 0.141. The number of likely N-dealkylation sites (tertiary alicyclic amines) is 1. The Bertz CT molecular complexity index is 1130. The Labute approximate surface area is 174 Å². The van der Waals surface area contributed by atoms with Crippen LogP contribution in [0.25, 0.3) is 10.9 Å². The van der Waals surface area contributed by atoms with Gasteiger partial charge in [0.2, 0.25) is 5.76 Å². The zero-order valence-corrected chi connectivity index (χ0v) is 17.3. The number of nitrogens with zero attached hydrogens (tertiary/aromatic N) is 4. The Balaban J connectivity index is 1.52. The van der Waals surface area contributed by atoms with Gasteiger partial charge in [0.15, 0.2) is 0 Å². The van der Waals surface area contributed by atoms with E-state index in [1.807, 2.05) is 32.0 Å². The predicted molar refractivity (Wildman–Crippen MR) is 111 cm³/mol. The van der Waals surface area contributed by atoms with Gasteiger partial charge in [-0.15, -0.1) is 0 Å². The number of carbonyl (C=O) groups is 1. The molecule has 4 rings (SSSR count). The number of fused-ring (bicyclic) bond motifs is 1. The highest BCUT2D eigenvalue weighted by Gasteiger charge is 2.36. The van der Waals surface area contributed by atoms with Gasteiger partial charge in [-0.25, -0.2) is 4.98 Å². The molecule has 1 N–H and O–H groups in total. The van der Waals surface area contributed by atoms with Crippen LogP contribution in [-0.4, -0.2) is 49.3 Å². The van der Waals surface area contributed by atoms with Crippen LogP contribution in [0.15, 0.2) is 39.6 Å². The lowest BCUT2D eigenvalue weighted by atomic mass is 9.91. The monoisotopic (exact) mass is 410 g/mol. The molecule has 30 heavy (non-hydrogen) atoms. The third-order valence-corrected chi connectivity index (χ3v) is 5.82. The van der Waals surface area contributed by atoms with Gasteiger partial charge >= 0.3 is 0 Å². The Morgan fingerprint density at radius 1 is 1.20 bits per heavy atom. The number of hydrogen-bond donors (Lipinski definition) is 1. The van der Waals surface area contributed by atoms with Crippen LogP contribution in [0.5, 0.6) is 0 Å². The van der Waals surface area contributed by atoms with E-state index in [-0.39, 0.29) is 23.8 Å². The molecule has 0 unspecified atom stereocenters. The number of amides is 1. The van der Waals surface area contributed by atoms with Crippen molar-refractivity contribution < 1.29 is 14.4 Å². The maximum absolute atomic E-state index is 13.0. The van der Waals surface area contributed by atoms with E-state index in [1.54, 1.807) is 21.6 Å². The summed E-state index contributed by atoms with van der Waals surface area (Å²) in [6, 6.07) is 8.92. The quantitative estimate of drug-likeness (QED) is 0.692. The molecule has 3 aromatic rings. The molecule has 1 amide bonds. The summed E-state index contributed by atoms with van der Waals surface area (Å²) in [5, 5.41) is 15.6. The summed E-state index contributed by atoms with van der Waals surface area (Å²) in [5.74, 6) is 0.655. The van der Waals surface area contributed by atoms with Gasteiger partial charge in [-0.1, -0.05) is 31.1 Å². The van der Waals surface area contributed by atoms with Crippen LogP contribution in [0.2, 0.25) is 0 Å². The highest BCUT2D eigenvalue weighted by molar-refractivity contribution is 5.91. The molecular weight excluding hydrogens is 384 g/mol. The van der Waals surface area contributed by atoms with Crippen LogP contribution >= 0.6 is 0 Å². The minimum atomic E-state index is -1.08. The van der Waals surface area contributed by atoms with Gasteiger partial charge in [0.05, 0.1) is 28.7 Å². The molecule has 1 aliphatic rings. The topological polar surface area (TPSA) is 101 Å². The van der Waals surface area contributed by atoms with Gasteiger partial charge in [-0.3, -0.25) is 14.2 Å². The van der Waals surface area contributed by atoms with Gasteiger partial charge in [0.1, 0.15) is 5.82 Å². The van der Waals surface area contributed by atoms with Crippen molar-refractivity contribution in [3.63, 3.8) is 0 Å². The summed E-state index contributed by atoms with van der Waals surface area (Å²) >= 11 is 0. The zero-order chi connectivity index (χ0) is 21.3. The zero-order valence-electron chi connectivity index (χ0n) is 17.3. The summed E-state index contributed by atoms with van der Waals surface area (Å²) in [4.78, 5) is 32.0. The van der Waals surface area contributed by atoms with Crippen molar-refractivity contribution in [2.75, 3.05) is 13.1 Å². The first-order valence-corrected chi connectivity index (χ1v) is 10.4. The first kappa shape index (κ1) is 20.3. The second-order valence-corrected chi connectivity index (χ2v) is 7.84. The fraction of sp³-hybridized carbons (Fsp3) is 0.455. The molecule has 0 atom stereocenters. The smallest absolute Gasteiger partial charge is 0.292 e. The first-order valence-electron chi connectivity index (χ1n) is 10.4. The standard InChI is InChI=1S/C22H26N4O4/c1-3-15-13-18(30-24-15)21(28)25-11-9-22(29,10-12-25)14-26-19(4-2)23-17-8-6-5-7-16(17)20(26)27/h5-8,13,29H,3-4,9-12,14H2,1-2H3. The summed E-state index contributed by atoms with van der Waals surface area (Å²) in [6.45, 7) is 4.82. The molecule has 8 nitrogen and oxygen atoms in total. The van der Waals surface area contributed by atoms with Gasteiger partial charge in [0, 0.05) is 25.6 Å². The summed E-state index contributed by atoms with van der Waals surface area (Å²) in [7, 11) is 0. The Morgan fingerprint density at radius 3 is 2.60 bits per heavy atom. The Hall–Kier alpha value is -3.00. The van der Waals surface area contributed by atoms with Crippen LogP contribution in [0, 0.1) is 0 Å². The summed E-state index contributed by atoms with van der Waals surface area (Å²) in [5.41, 5.74) is 0.187. The predicted octanol–water partition coefficient (Wildman–Crippen LogP) is 2.18. The lowest BCUT2D eigenvalue weighted by Crippen LogP contribution is -2.50. The minimum Gasteiger partial charge on any atom is -0.388 e. The molecule has 0 saturated carbocycles. The summed E-state index contributed by atoms with van der Waals surface area (Å²) in [6.07, 6.45) is 2.03. The molecule has 1 saturated heterocycles. The van der Waals surface area contributed by atoms with Crippen LogP contribution in [0.1, 0.15) is 48.8 Å². The highest BCUT2D eigenvalue weighted by atomic mass is 16.5. The van der Waals surface area contributed by atoms with E-state index in [2.05, 4.69) is 10.1 Å². The second kappa shape index (κ2) is 8.02. The lowest BCUT2D eigenvalue weighted by Gasteiger charge is -2.38. The van der Waals surface area contributed by atoms with Crippen molar-refractivity contribution in [1.82, 2.24) is 19.6 Å². The highest BCUT2D eigenvalue weighted by Crippen LogP contribution is 2.26. The molecule has 158 valence electrons. The Morgan fingerprint density at radius 2 is 1.93 bits per heavy atom. The van der Waals surface area contributed by atoms with Crippen LogP contribution in [-0.2, 0) is 19.4 Å². The van der Waals surface area contributed by atoms with Crippen molar-refractivity contribution in [1.29, 1.82) is 0 Å². The van der Waals surface area contributed by atoms with Crippen LogP contribution in [0.4, 0.5) is 0 Å². The van der Waals surface area contributed by atoms with Crippen LogP contribution in [0.3, 0.4) is 0 Å². The third-order valence-electron chi connectivity index (χ3n) is 5.82. The average Bonchev–Trinajstić information content (AvgIpc) is 3.25. The molecule has 1 aromatic carbocycles. The van der Waals surface area contributed by atoms with Gasteiger partial charge in [0.25, 0.3) is 11.5 Å². The molecule has 2 aromatic heterocycles. The molecule has 0 radical (unpaired) electrons. The fourth-order valence-corrected chi connectivity index (χ4v) is 3.96. The van der Waals surface area contributed by atoms with Crippen molar-refractivity contribution in [3.8, 4) is 0 Å². The molecule has 1 fully saturated rings. The van der Waals surface area contributed by atoms with E-state index >= 15 is 0 Å². The Kier molecular flexibility index (Phi) is 5.42.